The summed E-state index contributed by atoms with van der Waals surface area (Å²) in [5.41, 5.74) is 7.16. The number of imidazole rings is 1. The number of carbonyl (C=O) groups is 1. The minimum absolute atomic E-state index is 0. The molecular formula is C17H23Cl2FN4O. The molecule has 1 amide bonds. The van der Waals surface area contributed by atoms with Gasteiger partial charge in [-0.3, -0.25) is 9.36 Å². The first-order valence-electron chi connectivity index (χ1n) is 7.89. The first-order chi connectivity index (χ1) is 11.1. The van der Waals surface area contributed by atoms with E-state index in [1.54, 1.807) is 29.2 Å². The molecule has 1 unspecified atom stereocenters. The number of likely N-dealkylation sites (tertiary alicyclic amines) is 1. The highest BCUT2D eigenvalue weighted by molar-refractivity contribution is 5.93. The number of halogens is 3. The normalized spacial score (nSPS) is 15.9. The molecule has 8 heteroatoms. The van der Waals surface area contributed by atoms with Gasteiger partial charge < -0.3 is 10.6 Å². The third-order valence-electron chi connectivity index (χ3n) is 4.53. The smallest absolute Gasteiger partial charge is 0.272 e. The van der Waals surface area contributed by atoms with Gasteiger partial charge in [-0.1, -0.05) is 0 Å². The number of carbonyl (C=O) groups excluding carboxylic acids is 1. The summed E-state index contributed by atoms with van der Waals surface area (Å²) in [7, 11) is 0. The zero-order valence-corrected chi connectivity index (χ0v) is 15.6. The van der Waals surface area contributed by atoms with Crippen molar-refractivity contribution in [3.63, 3.8) is 0 Å². The molecule has 1 aliphatic heterocycles. The third-order valence-corrected chi connectivity index (χ3v) is 4.53. The molecule has 25 heavy (non-hydrogen) atoms. The second-order valence-electron chi connectivity index (χ2n) is 6.11. The van der Waals surface area contributed by atoms with Crippen LogP contribution in [0.5, 0.6) is 0 Å². The Morgan fingerprint density at radius 1 is 1.24 bits per heavy atom. The van der Waals surface area contributed by atoms with Crippen molar-refractivity contribution in [1.29, 1.82) is 0 Å². The summed E-state index contributed by atoms with van der Waals surface area (Å²) in [5, 5.41) is 0. The van der Waals surface area contributed by atoms with E-state index in [0.29, 0.717) is 24.7 Å². The van der Waals surface area contributed by atoms with Crippen molar-refractivity contribution < 1.29 is 9.18 Å². The zero-order valence-electron chi connectivity index (χ0n) is 14.0. The molecule has 1 aliphatic rings. The number of amides is 1. The van der Waals surface area contributed by atoms with Crippen LogP contribution in [0.1, 0.15) is 30.3 Å². The van der Waals surface area contributed by atoms with Crippen molar-refractivity contribution in [1.82, 2.24) is 14.5 Å². The van der Waals surface area contributed by atoms with E-state index in [0.717, 1.165) is 18.5 Å². The van der Waals surface area contributed by atoms with E-state index in [1.807, 2.05) is 11.8 Å². The zero-order chi connectivity index (χ0) is 16.4. The van der Waals surface area contributed by atoms with E-state index in [9.17, 15) is 9.18 Å². The van der Waals surface area contributed by atoms with Gasteiger partial charge in [0, 0.05) is 24.8 Å². The van der Waals surface area contributed by atoms with Crippen molar-refractivity contribution in [3.05, 3.63) is 48.3 Å². The molecule has 0 spiro atoms. The van der Waals surface area contributed by atoms with Crippen LogP contribution in [0.2, 0.25) is 0 Å². The number of nitrogens with two attached hydrogens (primary N) is 1. The fourth-order valence-electron chi connectivity index (χ4n) is 3.05. The minimum atomic E-state index is -0.306. The minimum Gasteiger partial charge on any atom is -0.337 e. The second kappa shape index (κ2) is 9.17. The van der Waals surface area contributed by atoms with Crippen molar-refractivity contribution in [2.75, 3.05) is 13.1 Å². The molecular weight excluding hydrogens is 366 g/mol. The summed E-state index contributed by atoms with van der Waals surface area (Å²) in [6.45, 7) is 3.44. The summed E-state index contributed by atoms with van der Waals surface area (Å²) in [6, 6.07) is 6.18. The highest BCUT2D eigenvalue weighted by Crippen LogP contribution is 2.22. The standard InChI is InChI=1S/C17H21FN4O.2ClH/c1-12(19)13-6-8-21(9-7-13)17(23)16-10-20-11-22(16)15-4-2-14(18)3-5-15;;/h2-5,10-13H,6-9,19H2,1H3;2*1H. The first-order valence-corrected chi connectivity index (χ1v) is 7.89. The molecule has 0 bridgehead atoms. The molecule has 1 aromatic carbocycles. The second-order valence-corrected chi connectivity index (χ2v) is 6.11. The van der Waals surface area contributed by atoms with Crippen molar-refractivity contribution in [2.24, 2.45) is 11.7 Å². The highest BCUT2D eigenvalue weighted by atomic mass is 35.5. The van der Waals surface area contributed by atoms with Gasteiger partial charge in [-0.05, 0) is 49.9 Å². The van der Waals surface area contributed by atoms with Crippen LogP contribution in [-0.4, -0.2) is 39.5 Å². The lowest BCUT2D eigenvalue weighted by molar-refractivity contribution is 0.0673. The number of hydrogen-bond acceptors (Lipinski definition) is 3. The summed E-state index contributed by atoms with van der Waals surface area (Å²) in [4.78, 5) is 18.7. The number of aromatic nitrogens is 2. The molecule has 1 aromatic heterocycles. The van der Waals surface area contributed by atoms with E-state index < -0.39 is 0 Å². The summed E-state index contributed by atoms with van der Waals surface area (Å²) < 4.78 is 14.8. The molecule has 5 nitrogen and oxygen atoms in total. The predicted octanol–water partition coefficient (Wildman–Crippen LogP) is 3.05. The average Bonchev–Trinajstić information content (AvgIpc) is 3.04. The van der Waals surface area contributed by atoms with Crippen LogP contribution >= 0.6 is 24.8 Å². The monoisotopic (exact) mass is 388 g/mol. The fraction of sp³-hybridized carbons (Fsp3) is 0.412. The molecule has 0 radical (unpaired) electrons. The number of rotatable bonds is 3. The maximum atomic E-state index is 13.1. The fourth-order valence-corrected chi connectivity index (χ4v) is 3.05. The van der Waals surface area contributed by atoms with Gasteiger partial charge in [-0.15, -0.1) is 24.8 Å². The Balaban J connectivity index is 0.00000156. The maximum absolute atomic E-state index is 13.1. The van der Waals surface area contributed by atoms with Gasteiger partial charge in [0.2, 0.25) is 0 Å². The number of nitrogens with zero attached hydrogens (tertiary/aromatic N) is 3. The van der Waals surface area contributed by atoms with Crippen LogP contribution in [-0.2, 0) is 0 Å². The molecule has 0 aliphatic carbocycles. The molecule has 1 fully saturated rings. The molecule has 138 valence electrons. The Morgan fingerprint density at radius 2 is 1.84 bits per heavy atom. The molecule has 1 atom stereocenters. The molecule has 2 heterocycles. The Kier molecular flexibility index (Phi) is 7.86. The number of benzene rings is 1. The molecule has 0 saturated carbocycles. The van der Waals surface area contributed by atoms with Gasteiger partial charge in [0.25, 0.3) is 5.91 Å². The van der Waals surface area contributed by atoms with Crippen LogP contribution < -0.4 is 5.73 Å². The van der Waals surface area contributed by atoms with Crippen molar-refractivity contribution >= 4 is 30.7 Å². The van der Waals surface area contributed by atoms with Crippen LogP contribution in [0.15, 0.2) is 36.8 Å². The number of piperidine rings is 1. The first kappa shape index (κ1) is 21.4. The topological polar surface area (TPSA) is 64.2 Å². The van der Waals surface area contributed by atoms with Crippen molar-refractivity contribution in [3.8, 4) is 5.69 Å². The molecule has 1 saturated heterocycles. The summed E-state index contributed by atoms with van der Waals surface area (Å²) in [6.07, 6.45) is 4.99. The number of hydrogen-bond donors (Lipinski definition) is 1. The summed E-state index contributed by atoms with van der Waals surface area (Å²) in [5.74, 6) is 0.121. The van der Waals surface area contributed by atoms with Gasteiger partial charge in [0.1, 0.15) is 11.5 Å². The van der Waals surface area contributed by atoms with Crippen LogP contribution in [0.4, 0.5) is 4.39 Å². The lowest BCUT2D eigenvalue weighted by atomic mass is 9.91. The van der Waals surface area contributed by atoms with Gasteiger partial charge in [-0.2, -0.15) is 0 Å². The quantitative estimate of drug-likeness (QED) is 0.878. The van der Waals surface area contributed by atoms with E-state index >= 15 is 0 Å². The molecule has 2 aromatic rings. The average molecular weight is 389 g/mol. The van der Waals surface area contributed by atoms with E-state index in [-0.39, 0.29) is 42.6 Å². The predicted molar refractivity (Wildman–Crippen MR) is 100 cm³/mol. The summed E-state index contributed by atoms with van der Waals surface area (Å²) >= 11 is 0. The largest absolute Gasteiger partial charge is 0.337 e. The maximum Gasteiger partial charge on any atom is 0.272 e. The van der Waals surface area contributed by atoms with Gasteiger partial charge >= 0.3 is 0 Å². The SMILES string of the molecule is CC(N)C1CCN(C(=O)c2cncn2-c2ccc(F)cc2)CC1.Cl.Cl. The van der Waals surface area contributed by atoms with Gasteiger partial charge in [0.05, 0.1) is 12.5 Å². The Hall–Kier alpha value is -1.63. The van der Waals surface area contributed by atoms with Crippen LogP contribution in [0, 0.1) is 11.7 Å². The Morgan fingerprint density at radius 3 is 2.40 bits per heavy atom. The molecule has 3 rings (SSSR count). The van der Waals surface area contributed by atoms with Gasteiger partial charge in [-0.25, -0.2) is 9.37 Å². The van der Waals surface area contributed by atoms with Gasteiger partial charge in [0.15, 0.2) is 0 Å². The Bertz CT molecular complexity index is 682. The van der Waals surface area contributed by atoms with E-state index in [4.69, 9.17) is 5.73 Å². The lowest BCUT2D eigenvalue weighted by Gasteiger charge is -2.33. The third kappa shape index (κ3) is 4.71. The molecule has 2 N–H and O–H groups in total. The Labute approximate surface area is 159 Å². The van der Waals surface area contributed by atoms with E-state index in [1.165, 1.54) is 12.1 Å². The van der Waals surface area contributed by atoms with Crippen molar-refractivity contribution in [2.45, 2.75) is 25.8 Å². The van der Waals surface area contributed by atoms with Crippen LogP contribution in [0.3, 0.4) is 0 Å². The highest BCUT2D eigenvalue weighted by Gasteiger charge is 2.27. The lowest BCUT2D eigenvalue weighted by Crippen LogP contribution is -2.43. The van der Waals surface area contributed by atoms with E-state index in [2.05, 4.69) is 4.98 Å². The van der Waals surface area contributed by atoms with Crippen LogP contribution in [0.25, 0.3) is 5.69 Å².